The van der Waals surface area contributed by atoms with Gasteiger partial charge < -0.3 is 14.0 Å². The van der Waals surface area contributed by atoms with Crippen LogP contribution in [0.2, 0.25) is 0 Å². The zero-order valence-electron chi connectivity index (χ0n) is 22.9. The van der Waals surface area contributed by atoms with Gasteiger partial charge in [-0.2, -0.15) is 0 Å². The molecule has 4 aromatic rings. The van der Waals surface area contributed by atoms with Gasteiger partial charge in [-0.25, -0.2) is 9.79 Å². The van der Waals surface area contributed by atoms with Crippen molar-refractivity contribution in [1.29, 1.82) is 0 Å². The number of aromatic nitrogens is 2. The average molecular weight is 542 g/mol. The Morgan fingerprint density at radius 2 is 1.74 bits per heavy atom. The summed E-state index contributed by atoms with van der Waals surface area (Å²) < 4.78 is 15.2. The van der Waals surface area contributed by atoms with Crippen LogP contribution < -0.4 is 19.6 Å². The molecule has 0 radical (unpaired) electrons. The molecule has 8 heteroatoms. The Bertz CT molecular complexity index is 1760. The minimum atomic E-state index is -0.669. The molecule has 1 atom stereocenters. The predicted octanol–water partition coefficient (Wildman–Crippen LogP) is 4.60. The molecule has 5 rings (SSSR count). The molecule has 0 N–H and O–H groups in total. The third-order valence-corrected chi connectivity index (χ3v) is 7.77. The molecule has 2 aromatic carbocycles. The molecule has 0 fully saturated rings. The summed E-state index contributed by atoms with van der Waals surface area (Å²) in [4.78, 5) is 32.5. The van der Waals surface area contributed by atoms with Crippen molar-refractivity contribution in [3.63, 3.8) is 0 Å². The fourth-order valence-electron chi connectivity index (χ4n) is 5.01. The van der Waals surface area contributed by atoms with Gasteiger partial charge >= 0.3 is 5.97 Å². The van der Waals surface area contributed by atoms with E-state index in [2.05, 4.69) is 29.7 Å². The van der Waals surface area contributed by atoms with E-state index in [0.29, 0.717) is 26.4 Å². The summed E-state index contributed by atoms with van der Waals surface area (Å²) in [5.74, 6) is 0.208. The van der Waals surface area contributed by atoms with Gasteiger partial charge in [0.15, 0.2) is 4.80 Å². The number of carbonyl (C=O) groups excluding carboxylic acids is 1. The van der Waals surface area contributed by atoms with Gasteiger partial charge in [0.25, 0.3) is 5.56 Å². The molecule has 0 bridgehead atoms. The zero-order chi connectivity index (χ0) is 27.8. The SMILES string of the molecule is COc1ccc([C@H]2C(C(=O)OC(C)C)=C(C)N=c3s/c(=C\c4cc(C)n(-c5ccccc5)c4C)c(=O)n32)cc1. The zero-order valence-corrected chi connectivity index (χ0v) is 23.7. The molecule has 200 valence electrons. The number of aryl methyl sites for hydroxylation is 1. The lowest BCUT2D eigenvalue weighted by Crippen LogP contribution is -2.40. The van der Waals surface area contributed by atoms with Crippen molar-refractivity contribution in [3.05, 3.63) is 114 Å². The Labute approximate surface area is 231 Å². The highest BCUT2D eigenvalue weighted by Gasteiger charge is 2.33. The Hall–Kier alpha value is -4.17. The van der Waals surface area contributed by atoms with Crippen molar-refractivity contribution in [2.75, 3.05) is 7.11 Å². The average Bonchev–Trinajstić information content (AvgIpc) is 3.37. The van der Waals surface area contributed by atoms with Gasteiger partial charge in [0.2, 0.25) is 0 Å². The number of ether oxygens (including phenoxy) is 2. The first-order valence-corrected chi connectivity index (χ1v) is 13.6. The second-order valence-corrected chi connectivity index (χ2v) is 10.8. The van der Waals surface area contributed by atoms with Crippen molar-refractivity contribution in [2.45, 2.75) is 46.8 Å². The second kappa shape index (κ2) is 10.5. The van der Waals surface area contributed by atoms with Crippen LogP contribution in [-0.4, -0.2) is 28.3 Å². The maximum absolute atomic E-state index is 14.0. The number of methoxy groups -OCH3 is 1. The van der Waals surface area contributed by atoms with Crippen LogP contribution in [0.4, 0.5) is 0 Å². The Balaban J connectivity index is 1.69. The smallest absolute Gasteiger partial charge is 0.338 e. The lowest BCUT2D eigenvalue weighted by molar-refractivity contribution is -0.143. The van der Waals surface area contributed by atoms with Crippen LogP contribution in [0.25, 0.3) is 11.8 Å². The lowest BCUT2D eigenvalue weighted by atomic mass is 9.96. The minimum absolute atomic E-state index is 0.202. The van der Waals surface area contributed by atoms with E-state index < -0.39 is 12.0 Å². The van der Waals surface area contributed by atoms with E-state index in [9.17, 15) is 9.59 Å². The molecule has 0 spiro atoms. The first-order valence-electron chi connectivity index (χ1n) is 12.8. The van der Waals surface area contributed by atoms with Gasteiger partial charge in [0.1, 0.15) is 5.75 Å². The molecule has 2 aromatic heterocycles. The molecule has 0 aliphatic carbocycles. The Kier molecular flexibility index (Phi) is 7.14. The summed E-state index contributed by atoms with van der Waals surface area (Å²) >= 11 is 1.32. The number of allylic oxidation sites excluding steroid dienone is 1. The molecule has 1 aliphatic heterocycles. The number of para-hydroxylation sites is 1. The van der Waals surface area contributed by atoms with E-state index in [4.69, 9.17) is 14.5 Å². The molecule has 0 amide bonds. The third kappa shape index (κ3) is 4.88. The standard InChI is InChI=1S/C31H31N3O4S/c1-18(2)38-30(36)27-20(4)32-31-34(28(27)22-12-14-25(37-6)15-13-22)29(35)26(39-31)17-23-16-19(3)33(21(23)5)24-10-8-7-9-11-24/h7-18,28H,1-6H3/b26-17-/t28-/m0/s1. The highest BCUT2D eigenvalue weighted by atomic mass is 32.1. The number of carbonyl (C=O) groups is 1. The van der Waals surface area contributed by atoms with E-state index >= 15 is 0 Å². The number of benzene rings is 2. The van der Waals surface area contributed by atoms with E-state index in [1.807, 2.05) is 55.5 Å². The minimum Gasteiger partial charge on any atom is -0.497 e. The van der Waals surface area contributed by atoms with Gasteiger partial charge in [-0.15, -0.1) is 0 Å². The summed E-state index contributed by atoms with van der Waals surface area (Å²) in [7, 11) is 1.60. The summed E-state index contributed by atoms with van der Waals surface area (Å²) in [6.45, 7) is 9.50. The molecule has 3 heterocycles. The van der Waals surface area contributed by atoms with Crippen molar-refractivity contribution in [2.24, 2.45) is 4.99 Å². The quantitative estimate of drug-likeness (QED) is 0.335. The normalized spacial score (nSPS) is 15.4. The van der Waals surface area contributed by atoms with Crippen LogP contribution in [-0.2, 0) is 9.53 Å². The van der Waals surface area contributed by atoms with Crippen LogP contribution >= 0.6 is 11.3 Å². The molecular weight excluding hydrogens is 510 g/mol. The number of thiazole rings is 1. The molecule has 0 saturated heterocycles. The van der Waals surface area contributed by atoms with Crippen LogP contribution in [0, 0.1) is 13.8 Å². The Morgan fingerprint density at radius 3 is 2.38 bits per heavy atom. The summed E-state index contributed by atoms with van der Waals surface area (Å²) in [6, 6.07) is 18.9. The number of rotatable bonds is 6. The van der Waals surface area contributed by atoms with Crippen LogP contribution in [0.3, 0.4) is 0 Å². The number of hydrogen-bond acceptors (Lipinski definition) is 6. The molecule has 0 unspecified atom stereocenters. The summed E-state index contributed by atoms with van der Waals surface area (Å²) in [6.07, 6.45) is 1.61. The van der Waals surface area contributed by atoms with E-state index in [0.717, 1.165) is 28.2 Å². The molecular formula is C31H31N3O4S. The molecule has 7 nitrogen and oxygen atoms in total. The summed E-state index contributed by atoms with van der Waals surface area (Å²) in [5.41, 5.74) is 5.60. The highest BCUT2D eigenvalue weighted by molar-refractivity contribution is 7.07. The first-order chi connectivity index (χ1) is 18.7. The van der Waals surface area contributed by atoms with Crippen molar-refractivity contribution in [3.8, 4) is 11.4 Å². The van der Waals surface area contributed by atoms with Crippen LogP contribution in [0.5, 0.6) is 5.75 Å². The fraction of sp³-hybridized carbons (Fsp3) is 0.258. The van der Waals surface area contributed by atoms with Gasteiger partial charge in [-0.3, -0.25) is 9.36 Å². The predicted molar refractivity (Wildman–Crippen MR) is 153 cm³/mol. The fourth-order valence-corrected chi connectivity index (χ4v) is 6.05. The topological polar surface area (TPSA) is 74.8 Å². The van der Waals surface area contributed by atoms with Gasteiger partial charge in [-0.05, 0) is 82.2 Å². The molecule has 1 aliphatic rings. The largest absolute Gasteiger partial charge is 0.497 e. The number of esters is 1. The maximum Gasteiger partial charge on any atom is 0.338 e. The van der Waals surface area contributed by atoms with E-state index in [1.54, 1.807) is 32.4 Å². The van der Waals surface area contributed by atoms with Gasteiger partial charge in [0, 0.05) is 17.1 Å². The van der Waals surface area contributed by atoms with E-state index in [1.165, 1.54) is 11.3 Å². The van der Waals surface area contributed by atoms with Crippen LogP contribution in [0.1, 0.15) is 49.3 Å². The molecule has 0 saturated carbocycles. The van der Waals surface area contributed by atoms with Crippen LogP contribution in [0.15, 0.2) is 81.7 Å². The monoisotopic (exact) mass is 541 g/mol. The summed E-state index contributed by atoms with van der Waals surface area (Å²) in [5, 5.41) is 0. The van der Waals surface area contributed by atoms with Crippen molar-refractivity contribution >= 4 is 23.4 Å². The first kappa shape index (κ1) is 26.4. The number of hydrogen-bond donors (Lipinski definition) is 0. The maximum atomic E-state index is 14.0. The highest BCUT2D eigenvalue weighted by Crippen LogP contribution is 2.32. The van der Waals surface area contributed by atoms with Crippen molar-refractivity contribution < 1.29 is 14.3 Å². The van der Waals surface area contributed by atoms with E-state index in [-0.39, 0.29) is 11.7 Å². The molecule has 39 heavy (non-hydrogen) atoms. The number of fused-ring (bicyclic) bond motifs is 1. The third-order valence-electron chi connectivity index (χ3n) is 6.79. The van der Waals surface area contributed by atoms with Gasteiger partial charge in [0.05, 0.1) is 35.1 Å². The van der Waals surface area contributed by atoms with Crippen molar-refractivity contribution in [1.82, 2.24) is 9.13 Å². The number of nitrogens with zero attached hydrogens (tertiary/aromatic N) is 3. The Morgan fingerprint density at radius 1 is 1.05 bits per heavy atom. The second-order valence-electron chi connectivity index (χ2n) is 9.81. The van der Waals surface area contributed by atoms with Gasteiger partial charge in [-0.1, -0.05) is 41.7 Å². The lowest BCUT2D eigenvalue weighted by Gasteiger charge is -2.25.